The molecule has 0 aromatic heterocycles. The molecule has 1 heterocycles. The Kier molecular flexibility index (Phi) is 5.64. The molecule has 23 heavy (non-hydrogen) atoms. The molecule has 1 aliphatic heterocycles. The highest BCUT2D eigenvalue weighted by molar-refractivity contribution is 7.91. The fourth-order valence-electron chi connectivity index (χ4n) is 2.79. The summed E-state index contributed by atoms with van der Waals surface area (Å²) in [6.45, 7) is 2.21. The summed E-state index contributed by atoms with van der Waals surface area (Å²) in [7, 11) is 0.504. The van der Waals surface area contributed by atoms with Crippen LogP contribution in [0.5, 0.6) is 5.75 Å². The summed E-state index contributed by atoms with van der Waals surface area (Å²) in [5.74, 6) is 0.834. The summed E-state index contributed by atoms with van der Waals surface area (Å²) in [4.78, 5) is 14.0. The Bertz CT molecular complexity index is 660. The van der Waals surface area contributed by atoms with Crippen molar-refractivity contribution in [2.24, 2.45) is 0 Å². The summed E-state index contributed by atoms with van der Waals surface area (Å²) in [6, 6.07) is 7.45. The lowest BCUT2D eigenvalue weighted by Gasteiger charge is -2.26. The van der Waals surface area contributed by atoms with E-state index in [9.17, 15) is 13.2 Å². The molecule has 0 spiro atoms. The molecule has 1 aliphatic rings. The first-order chi connectivity index (χ1) is 10.8. The maximum absolute atomic E-state index is 12.1. The maximum Gasteiger partial charge on any atom is 0.234 e. The number of likely N-dealkylation sites (N-methyl/N-ethyl adjacent to an activating group) is 1. The van der Waals surface area contributed by atoms with Gasteiger partial charge in [-0.2, -0.15) is 0 Å². The van der Waals surface area contributed by atoms with E-state index in [-0.39, 0.29) is 36.0 Å². The number of carbonyl (C=O) groups excluding carboxylic acids is 1. The van der Waals surface area contributed by atoms with Crippen molar-refractivity contribution in [2.45, 2.75) is 25.4 Å². The molecule has 1 amide bonds. The van der Waals surface area contributed by atoms with Crippen LogP contribution in [0.1, 0.15) is 24.9 Å². The Balaban J connectivity index is 1.93. The zero-order chi connectivity index (χ0) is 17.0. The van der Waals surface area contributed by atoms with Gasteiger partial charge in [0, 0.05) is 17.6 Å². The number of benzene rings is 1. The monoisotopic (exact) mass is 340 g/mol. The van der Waals surface area contributed by atoms with Crippen molar-refractivity contribution in [3.05, 3.63) is 29.8 Å². The fourth-order valence-corrected chi connectivity index (χ4v) is 4.47. The predicted molar refractivity (Wildman–Crippen MR) is 89.2 cm³/mol. The van der Waals surface area contributed by atoms with Gasteiger partial charge in [-0.05, 0) is 26.5 Å². The van der Waals surface area contributed by atoms with E-state index in [2.05, 4.69) is 5.32 Å². The van der Waals surface area contributed by atoms with E-state index in [1.165, 1.54) is 0 Å². The minimum Gasteiger partial charge on any atom is -0.496 e. The molecule has 1 aromatic carbocycles. The van der Waals surface area contributed by atoms with Gasteiger partial charge in [-0.3, -0.25) is 9.69 Å². The molecule has 7 heteroatoms. The molecule has 1 aromatic rings. The first-order valence-electron chi connectivity index (χ1n) is 7.65. The molecular weight excluding hydrogens is 316 g/mol. The van der Waals surface area contributed by atoms with E-state index in [0.29, 0.717) is 6.42 Å². The van der Waals surface area contributed by atoms with Crippen molar-refractivity contribution < 1.29 is 17.9 Å². The number of para-hydroxylation sites is 1. The van der Waals surface area contributed by atoms with Crippen molar-refractivity contribution in [3.8, 4) is 5.75 Å². The Labute approximate surface area is 137 Å². The second-order valence-corrected chi connectivity index (χ2v) is 8.23. The summed E-state index contributed by atoms with van der Waals surface area (Å²) < 4.78 is 28.2. The van der Waals surface area contributed by atoms with Gasteiger partial charge in [0.15, 0.2) is 9.84 Å². The largest absolute Gasteiger partial charge is 0.496 e. The zero-order valence-corrected chi connectivity index (χ0v) is 14.6. The molecule has 1 N–H and O–H groups in total. The SMILES string of the molecule is COc1ccccc1[C@H](C)N(C)CC(=O)N[C@@H]1CCS(=O)(=O)C1. The van der Waals surface area contributed by atoms with Gasteiger partial charge in [0.05, 0.1) is 25.2 Å². The predicted octanol–water partition coefficient (Wildman–Crippen LogP) is 0.991. The number of ether oxygens (including phenoxy) is 1. The highest BCUT2D eigenvalue weighted by Crippen LogP contribution is 2.27. The zero-order valence-electron chi connectivity index (χ0n) is 13.8. The normalized spacial score (nSPS) is 21.1. The minimum atomic E-state index is -2.98. The molecule has 6 nitrogen and oxygen atoms in total. The third-order valence-corrected chi connectivity index (χ3v) is 6.01. The topological polar surface area (TPSA) is 75.7 Å². The number of hydrogen-bond donors (Lipinski definition) is 1. The van der Waals surface area contributed by atoms with E-state index >= 15 is 0 Å². The van der Waals surface area contributed by atoms with Gasteiger partial charge in [0.2, 0.25) is 5.91 Å². The van der Waals surface area contributed by atoms with Gasteiger partial charge >= 0.3 is 0 Å². The second-order valence-electron chi connectivity index (χ2n) is 6.00. The molecular formula is C16H24N2O4S. The van der Waals surface area contributed by atoms with Crippen LogP contribution in [0.2, 0.25) is 0 Å². The summed E-state index contributed by atoms with van der Waals surface area (Å²) in [5, 5.41) is 2.81. The number of hydrogen-bond acceptors (Lipinski definition) is 5. The Hall–Kier alpha value is -1.60. The quantitative estimate of drug-likeness (QED) is 0.836. The second kappa shape index (κ2) is 7.31. The first-order valence-corrected chi connectivity index (χ1v) is 9.47. The van der Waals surface area contributed by atoms with Crippen molar-refractivity contribution in [3.63, 3.8) is 0 Å². The Morgan fingerprint density at radius 2 is 2.13 bits per heavy atom. The van der Waals surface area contributed by atoms with E-state index in [4.69, 9.17) is 4.74 Å². The Morgan fingerprint density at radius 3 is 2.74 bits per heavy atom. The van der Waals surface area contributed by atoms with Crippen LogP contribution in [0.15, 0.2) is 24.3 Å². The first kappa shape index (κ1) is 17.7. The number of nitrogens with one attached hydrogen (secondary N) is 1. The van der Waals surface area contributed by atoms with Crippen molar-refractivity contribution >= 4 is 15.7 Å². The molecule has 0 aliphatic carbocycles. The van der Waals surface area contributed by atoms with Crippen molar-refractivity contribution in [1.29, 1.82) is 0 Å². The smallest absolute Gasteiger partial charge is 0.234 e. The lowest BCUT2D eigenvalue weighted by atomic mass is 10.1. The summed E-state index contributed by atoms with van der Waals surface area (Å²) in [6.07, 6.45) is 0.500. The van der Waals surface area contributed by atoms with Crippen LogP contribution in [0, 0.1) is 0 Å². The van der Waals surface area contributed by atoms with E-state index < -0.39 is 9.84 Å². The van der Waals surface area contributed by atoms with Crippen LogP contribution in [-0.4, -0.2) is 57.5 Å². The van der Waals surface area contributed by atoms with Crippen LogP contribution in [0.3, 0.4) is 0 Å². The highest BCUT2D eigenvalue weighted by atomic mass is 32.2. The standard InChI is InChI=1S/C16H24N2O4S/c1-12(14-6-4-5-7-15(14)22-3)18(2)10-16(19)17-13-8-9-23(20,21)11-13/h4-7,12-13H,8-11H2,1-3H3,(H,17,19)/t12-,13+/m0/s1. The molecule has 2 rings (SSSR count). The number of methoxy groups -OCH3 is 1. The highest BCUT2D eigenvalue weighted by Gasteiger charge is 2.29. The summed E-state index contributed by atoms with van der Waals surface area (Å²) in [5.41, 5.74) is 1.01. The van der Waals surface area contributed by atoms with Crippen molar-refractivity contribution in [2.75, 3.05) is 32.2 Å². The number of rotatable bonds is 6. The summed E-state index contributed by atoms with van der Waals surface area (Å²) >= 11 is 0. The number of carbonyl (C=O) groups is 1. The average Bonchev–Trinajstić information content (AvgIpc) is 2.84. The van der Waals surface area contributed by atoms with Crippen LogP contribution in [-0.2, 0) is 14.6 Å². The minimum absolute atomic E-state index is 0.00390. The Morgan fingerprint density at radius 1 is 1.43 bits per heavy atom. The molecule has 0 radical (unpaired) electrons. The third kappa shape index (κ3) is 4.68. The number of amides is 1. The molecule has 1 saturated heterocycles. The number of nitrogens with zero attached hydrogens (tertiary/aromatic N) is 1. The number of sulfone groups is 1. The van der Waals surface area contributed by atoms with Gasteiger partial charge in [-0.15, -0.1) is 0 Å². The van der Waals surface area contributed by atoms with Crippen LogP contribution < -0.4 is 10.1 Å². The van der Waals surface area contributed by atoms with Gasteiger partial charge in [-0.25, -0.2) is 8.42 Å². The molecule has 0 saturated carbocycles. The molecule has 128 valence electrons. The van der Waals surface area contributed by atoms with Crippen LogP contribution in [0.4, 0.5) is 0 Å². The van der Waals surface area contributed by atoms with Crippen LogP contribution in [0.25, 0.3) is 0 Å². The molecule has 2 atom stereocenters. The lowest BCUT2D eigenvalue weighted by molar-refractivity contribution is -0.122. The van der Waals surface area contributed by atoms with Gasteiger partial charge in [0.1, 0.15) is 5.75 Å². The van der Waals surface area contributed by atoms with E-state index in [0.717, 1.165) is 11.3 Å². The van der Waals surface area contributed by atoms with Gasteiger partial charge in [0.25, 0.3) is 0 Å². The average molecular weight is 340 g/mol. The molecule has 1 fully saturated rings. The van der Waals surface area contributed by atoms with E-state index in [1.807, 2.05) is 43.1 Å². The molecule has 0 bridgehead atoms. The molecule has 0 unspecified atom stereocenters. The van der Waals surface area contributed by atoms with Crippen molar-refractivity contribution in [1.82, 2.24) is 10.2 Å². The van der Waals surface area contributed by atoms with Crippen LogP contribution >= 0.6 is 0 Å². The lowest BCUT2D eigenvalue weighted by Crippen LogP contribution is -2.42. The fraction of sp³-hybridized carbons (Fsp3) is 0.562. The van der Waals surface area contributed by atoms with E-state index in [1.54, 1.807) is 7.11 Å². The maximum atomic E-state index is 12.1. The third-order valence-electron chi connectivity index (χ3n) is 4.24. The van der Waals surface area contributed by atoms with Gasteiger partial charge < -0.3 is 10.1 Å². The van der Waals surface area contributed by atoms with Gasteiger partial charge in [-0.1, -0.05) is 18.2 Å².